The Kier molecular flexibility index (Phi) is 8.37. The first-order chi connectivity index (χ1) is 6.63. The zero-order valence-corrected chi connectivity index (χ0v) is 8.88. The fraction of sp³-hybridized carbons (Fsp3) is 0.800. The van der Waals surface area contributed by atoms with E-state index in [0.29, 0.717) is 39.3 Å². The first-order valence-electron chi connectivity index (χ1n) is 4.77. The fourth-order valence-corrected chi connectivity index (χ4v) is 0.754. The topological polar surface area (TPSA) is 52.6 Å². The van der Waals surface area contributed by atoms with E-state index in [2.05, 4.69) is 0 Å². The summed E-state index contributed by atoms with van der Waals surface area (Å²) in [6, 6.07) is 0. The molecule has 0 aliphatic heterocycles. The van der Waals surface area contributed by atoms with Gasteiger partial charge >= 0.3 is 0 Å². The number of carbonyl (C=O) groups is 2. The van der Waals surface area contributed by atoms with Gasteiger partial charge in [0, 0.05) is 12.8 Å². The zero-order chi connectivity index (χ0) is 10.8. The van der Waals surface area contributed by atoms with Crippen molar-refractivity contribution in [2.45, 2.75) is 26.7 Å². The molecular weight excluding hydrogens is 184 g/mol. The minimum Gasteiger partial charge on any atom is -0.379 e. The van der Waals surface area contributed by atoms with E-state index in [4.69, 9.17) is 9.47 Å². The number of hydrogen-bond donors (Lipinski definition) is 0. The highest BCUT2D eigenvalue weighted by molar-refractivity contribution is 5.75. The third kappa shape index (κ3) is 11.3. The Balaban J connectivity index is 2.99. The van der Waals surface area contributed by atoms with E-state index in [1.807, 2.05) is 0 Å². The third-order valence-corrected chi connectivity index (χ3v) is 1.57. The van der Waals surface area contributed by atoms with Crippen molar-refractivity contribution < 1.29 is 19.1 Å². The van der Waals surface area contributed by atoms with Gasteiger partial charge in [0.1, 0.15) is 11.6 Å². The van der Waals surface area contributed by atoms with Crippen LogP contribution < -0.4 is 0 Å². The van der Waals surface area contributed by atoms with Crippen molar-refractivity contribution in [2.75, 3.05) is 26.4 Å². The molecule has 0 bridgehead atoms. The summed E-state index contributed by atoms with van der Waals surface area (Å²) in [6.07, 6.45) is 0.904. The van der Waals surface area contributed by atoms with Crippen molar-refractivity contribution in [3.8, 4) is 0 Å². The average molecular weight is 202 g/mol. The molecule has 0 aromatic heterocycles. The molecule has 0 aliphatic carbocycles. The molecule has 0 aromatic carbocycles. The number of ketones is 2. The molecule has 0 rings (SSSR count). The predicted molar refractivity (Wildman–Crippen MR) is 52.2 cm³/mol. The van der Waals surface area contributed by atoms with Gasteiger partial charge in [-0.3, -0.25) is 9.59 Å². The Morgan fingerprint density at radius 3 is 1.43 bits per heavy atom. The highest BCUT2D eigenvalue weighted by Crippen LogP contribution is 1.87. The maximum absolute atomic E-state index is 10.5. The number of ether oxygens (including phenoxy) is 2. The van der Waals surface area contributed by atoms with E-state index in [0.717, 1.165) is 0 Å². The van der Waals surface area contributed by atoms with Crippen molar-refractivity contribution in [3.05, 3.63) is 0 Å². The van der Waals surface area contributed by atoms with Crippen LogP contribution in [0.15, 0.2) is 0 Å². The van der Waals surface area contributed by atoms with Crippen molar-refractivity contribution >= 4 is 11.6 Å². The molecule has 0 spiro atoms. The smallest absolute Gasteiger partial charge is 0.132 e. The second kappa shape index (κ2) is 8.84. The predicted octanol–water partition coefficient (Wildman–Crippen LogP) is 0.978. The quantitative estimate of drug-likeness (QED) is 0.523. The first-order valence-corrected chi connectivity index (χ1v) is 4.77. The molecule has 4 heteroatoms. The van der Waals surface area contributed by atoms with Crippen LogP contribution in [0.3, 0.4) is 0 Å². The zero-order valence-electron chi connectivity index (χ0n) is 8.88. The second-order valence-corrected chi connectivity index (χ2v) is 3.13. The van der Waals surface area contributed by atoms with Crippen LogP contribution in [0.25, 0.3) is 0 Å². The van der Waals surface area contributed by atoms with E-state index in [1.165, 1.54) is 13.8 Å². The largest absolute Gasteiger partial charge is 0.379 e. The summed E-state index contributed by atoms with van der Waals surface area (Å²) < 4.78 is 10.2. The molecule has 82 valence electrons. The summed E-state index contributed by atoms with van der Waals surface area (Å²) in [6.45, 7) is 4.92. The molecule has 0 unspecified atom stereocenters. The van der Waals surface area contributed by atoms with Crippen LogP contribution in [-0.2, 0) is 19.1 Å². The van der Waals surface area contributed by atoms with Crippen molar-refractivity contribution in [2.24, 2.45) is 0 Å². The van der Waals surface area contributed by atoms with Crippen molar-refractivity contribution in [1.29, 1.82) is 0 Å². The van der Waals surface area contributed by atoms with Crippen LogP contribution in [0.5, 0.6) is 0 Å². The van der Waals surface area contributed by atoms with Gasteiger partial charge in [-0.25, -0.2) is 0 Å². The van der Waals surface area contributed by atoms with Crippen LogP contribution in [0.1, 0.15) is 26.7 Å². The monoisotopic (exact) mass is 202 g/mol. The summed E-state index contributed by atoms with van der Waals surface area (Å²) in [5.74, 6) is 0.255. The van der Waals surface area contributed by atoms with Gasteiger partial charge < -0.3 is 9.47 Å². The van der Waals surface area contributed by atoms with E-state index in [1.54, 1.807) is 0 Å². The number of Topliss-reactive ketones (excluding diaryl/α,β-unsaturated/α-hetero) is 2. The first kappa shape index (κ1) is 13.3. The van der Waals surface area contributed by atoms with Crippen LogP contribution >= 0.6 is 0 Å². The van der Waals surface area contributed by atoms with E-state index >= 15 is 0 Å². The van der Waals surface area contributed by atoms with Crippen LogP contribution in [0, 0.1) is 0 Å². The molecule has 0 N–H and O–H groups in total. The number of hydrogen-bond acceptors (Lipinski definition) is 4. The molecule has 0 aromatic rings. The van der Waals surface area contributed by atoms with Crippen LogP contribution in [0.4, 0.5) is 0 Å². The Morgan fingerprint density at radius 1 is 0.786 bits per heavy atom. The molecule has 4 nitrogen and oxygen atoms in total. The number of carbonyl (C=O) groups excluding carboxylic acids is 2. The standard InChI is InChI=1S/C10H18O4/c1-9(11)3-5-13-7-8-14-6-4-10(2)12/h3-8H2,1-2H3. The van der Waals surface area contributed by atoms with Gasteiger partial charge in [-0.2, -0.15) is 0 Å². The van der Waals surface area contributed by atoms with Gasteiger partial charge in [-0.15, -0.1) is 0 Å². The molecule has 0 saturated carbocycles. The summed E-state index contributed by atoms with van der Waals surface area (Å²) in [5.41, 5.74) is 0. The van der Waals surface area contributed by atoms with Gasteiger partial charge in [0.05, 0.1) is 26.4 Å². The van der Waals surface area contributed by atoms with Gasteiger partial charge in [-0.05, 0) is 13.8 Å². The summed E-state index contributed by atoms with van der Waals surface area (Å²) in [5, 5.41) is 0. The lowest BCUT2D eigenvalue weighted by molar-refractivity contribution is -0.119. The molecule has 0 saturated heterocycles. The second-order valence-electron chi connectivity index (χ2n) is 3.13. The van der Waals surface area contributed by atoms with Crippen molar-refractivity contribution in [1.82, 2.24) is 0 Å². The fourth-order valence-electron chi connectivity index (χ4n) is 0.754. The highest BCUT2D eigenvalue weighted by Gasteiger charge is 1.95. The molecular formula is C10H18O4. The lowest BCUT2D eigenvalue weighted by Gasteiger charge is -2.03. The van der Waals surface area contributed by atoms with Gasteiger partial charge in [0.25, 0.3) is 0 Å². The van der Waals surface area contributed by atoms with E-state index in [9.17, 15) is 9.59 Å². The van der Waals surface area contributed by atoms with Crippen LogP contribution in [-0.4, -0.2) is 38.0 Å². The maximum Gasteiger partial charge on any atom is 0.132 e. The molecule has 0 amide bonds. The molecule has 0 heterocycles. The molecule has 0 fully saturated rings. The lowest BCUT2D eigenvalue weighted by Crippen LogP contribution is -2.09. The summed E-state index contributed by atoms with van der Waals surface area (Å²) in [4.78, 5) is 21.0. The average Bonchev–Trinajstić information content (AvgIpc) is 2.08. The lowest BCUT2D eigenvalue weighted by atomic mass is 10.3. The minimum atomic E-state index is 0.127. The molecule has 0 aliphatic rings. The Hall–Kier alpha value is -0.740. The molecule has 0 atom stereocenters. The highest BCUT2D eigenvalue weighted by atomic mass is 16.5. The normalized spacial score (nSPS) is 10.1. The Morgan fingerprint density at radius 2 is 1.14 bits per heavy atom. The van der Waals surface area contributed by atoms with Gasteiger partial charge in [0.2, 0.25) is 0 Å². The Bertz CT molecular complexity index is 157. The summed E-state index contributed by atoms with van der Waals surface area (Å²) in [7, 11) is 0. The van der Waals surface area contributed by atoms with Gasteiger partial charge in [0.15, 0.2) is 0 Å². The molecule has 0 radical (unpaired) electrons. The van der Waals surface area contributed by atoms with E-state index in [-0.39, 0.29) is 11.6 Å². The minimum absolute atomic E-state index is 0.127. The maximum atomic E-state index is 10.5. The summed E-state index contributed by atoms with van der Waals surface area (Å²) >= 11 is 0. The Labute approximate surface area is 84.6 Å². The third-order valence-electron chi connectivity index (χ3n) is 1.57. The van der Waals surface area contributed by atoms with Crippen LogP contribution in [0.2, 0.25) is 0 Å². The number of rotatable bonds is 9. The SMILES string of the molecule is CC(=O)CCOCCOCCC(C)=O. The molecule has 14 heavy (non-hydrogen) atoms. The van der Waals surface area contributed by atoms with E-state index < -0.39 is 0 Å². The van der Waals surface area contributed by atoms with Gasteiger partial charge in [-0.1, -0.05) is 0 Å². The van der Waals surface area contributed by atoms with Crippen molar-refractivity contribution in [3.63, 3.8) is 0 Å².